The molecular weight excluding hydrogens is 296 g/mol. The quantitative estimate of drug-likeness (QED) is 0.929. The highest BCUT2D eigenvalue weighted by molar-refractivity contribution is 8.01. The molecule has 0 saturated carbocycles. The van der Waals surface area contributed by atoms with Crippen LogP contribution in [0, 0.1) is 0 Å². The van der Waals surface area contributed by atoms with Gasteiger partial charge in [-0.15, -0.1) is 11.8 Å². The fourth-order valence-corrected chi connectivity index (χ4v) is 4.27. The number of nitrogens with one attached hydrogen (secondary N) is 1. The van der Waals surface area contributed by atoms with E-state index in [1.165, 1.54) is 0 Å². The third kappa shape index (κ3) is 2.29. The molecule has 2 heterocycles. The molecule has 106 valence electrons. The molecule has 2 aliphatic heterocycles. The maximum Gasteiger partial charge on any atom is 0.256 e. The van der Waals surface area contributed by atoms with Gasteiger partial charge in [0.15, 0.2) is 4.87 Å². The normalized spacial score (nSPS) is 24.9. The number of hydrogen-bond acceptors (Lipinski definition) is 3. The van der Waals surface area contributed by atoms with Crippen LogP contribution in [0.15, 0.2) is 24.3 Å². The van der Waals surface area contributed by atoms with Gasteiger partial charge in [0, 0.05) is 30.3 Å². The molecule has 1 atom stereocenters. The predicted octanol–water partition coefficient (Wildman–Crippen LogP) is 2.02. The van der Waals surface area contributed by atoms with Gasteiger partial charge in [-0.2, -0.15) is 0 Å². The van der Waals surface area contributed by atoms with Crippen molar-refractivity contribution in [2.75, 3.05) is 12.3 Å². The number of benzene rings is 1. The lowest BCUT2D eigenvalue weighted by Gasteiger charge is -2.29. The van der Waals surface area contributed by atoms with Gasteiger partial charge in [0.1, 0.15) is 0 Å². The van der Waals surface area contributed by atoms with Gasteiger partial charge in [0.2, 0.25) is 5.91 Å². The second kappa shape index (κ2) is 5.30. The lowest BCUT2D eigenvalue weighted by atomic mass is 10.1. The van der Waals surface area contributed by atoms with Crippen LogP contribution in [0.5, 0.6) is 0 Å². The van der Waals surface area contributed by atoms with E-state index in [0.29, 0.717) is 31.0 Å². The van der Waals surface area contributed by atoms with Gasteiger partial charge in [-0.25, -0.2) is 0 Å². The van der Waals surface area contributed by atoms with Crippen LogP contribution in [0.3, 0.4) is 0 Å². The van der Waals surface area contributed by atoms with Gasteiger partial charge >= 0.3 is 0 Å². The first kappa shape index (κ1) is 13.8. The Morgan fingerprint density at radius 2 is 2.15 bits per heavy atom. The van der Waals surface area contributed by atoms with Crippen molar-refractivity contribution in [2.24, 2.45) is 0 Å². The summed E-state index contributed by atoms with van der Waals surface area (Å²) >= 11 is 7.41. The van der Waals surface area contributed by atoms with Crippen LogP contribution in [0.25, 0.3) is 0 Å². The van der Waals surface area contributed by atoms with Gasteiger partial charge < -0.3 is 10.2 Å². The van der Waals surface area contributed by atoms with Crippen molar-refractivity contribution in [1.29, 1.82) is 0 Å². The molecule has 2 aliphatic rings. The average molecular weight is 311 g/mol. The summed E-state index contributed by atoms with van der Waals surface area (Å²) in [6.07, 6.45) is 1.09. The van der Waals surface area contributed by atoms with E-state index in [9.17, 15) is 9.59 Å². The van der Waals surface area contributed by atoms with Crippen molar-refractivity contribution in [2.45, 2.75) is 24.3 Å². The number of rotatable bonds is 3. The lowest BCUT2D eigenvalue weighted by molar-refractivity contribution is -0.135. The monoisotopic (exact) mass is 310 g/mol. The standard InChI is InChI=1S/C14H15ClN2O2S/c15-11-3-1-10(2-4-11)9-16-13(19)14-6-5-12(18)17(14)7-8-20-14/h1-4H,5-9H2,(H,16,19)/t14-/m0/s1. The molecular formula is C14H15ClN2O2S. The molecule has 0 unspecified atom stereocenters. The summed E-state index contributed by atoms with van der Waals surface area (Å²) in [5.74, 6) is 0.873. The summed E-state index contributed by atoms with van der Waals surface area (Å²) < 4.78 is 0. The van der Waals surface area contributed by atoms with Gasteiger partial charge in [-0.1, -0.05) is 23.7 Å². The number of halogens is 1. The number of thioether (sulfide) groups is 1. The summed E-state index contributed by atoms with van der Waals surface area (Å²) in [6, 6.07) is 7.38. The van der Waals surface area contributed by atoms with Gasteiger partial charge in [0.05, 0.1) is 0 Å². The van der Waals surface area contributed by atoms with Crippen LogP contribution >= 0.6 is 23.4 Å². The predicted molar refractivity (Wildman–Crippen MR) is 79.4 cm³/mol. The molecule has 0 bridgehead atoms. The molecule has 20 heavy (non-hydrogen) atoms. The number of fused-ring (bicyclic) bond motifs is 1. The smallest absolute Gasteiger partial charge is 0.256 e. The first-order valence-corrected chi connectivity index (χ1v) is 7.95. The van der Waals surface area contributed by atoms with Crippen molar-refractivity contribution >= 4 is 35.2 Å². The average Bonchev–Trinajstić information content (AvgIpc) is 3.00. The van der Waals surface area contributed by atoms with Crippen LogP contribution < -0.4 is 5.32 Å². The van der Waals surface area contributed by atoms with Crippen molar-refractivity contribution < 1.29 is 9.59 Å². The zero-order chi connectivity index (χ0) is 14.2. The molecule has 1 aromatic rings. The van der Waals surface area contributed by atoms with Crippen LogP contribution in [-0.2, 0) is 16.1 Å². The molecule has 2 fully saturated rings. The minimum atomic E-state index is -0.663. The van der Waals surface area contributed by atoms with E-state index in [-0.39, 0.29) is 11.8 Å². The molecule has 1 N–H and O–H groups in total. The zero-order valence-electron chi connectivity index (χ0n) is 10.9. The van der Waals surface area contributed by atoms with Crippen molar-refractivity contribution in [3.8, 4) is 0 Å². The second-order valence-corrected chi connectivity index (χ2v) is 6.80. The molecule has 1 aromatic carbocycles. The van der Waals surface area contributed by atoms with E-state index in [1.54, 1.807) is 28.8 Å². The fourth-order valence-electron chi connectivity index (χ4n) is 2.73. The first-order valence-electron chi connectivity index (χ1n) is 6.59. The summed E-state index contributed by atoms with van der Waals surface area (Å²) in [5, 5.41) is 3.62. The number of carbonyl (C=O) groups excluding carboxylic acids is 2. The summed E-state index contributed by atoms with van der Waals surface area (Å²) in [4.78, 5) is 25.3. The van der Waals surface area contributed by atoms with Crippen LogP contribution in [0.2, 0.25) is 5.02 Å². The molecule has 2 saturated heterocycles. The van der Waals surface area contributed by atoms with Crippen molar-refractivity contribution in [3.05, 3.63) is 34.9 Å². The highest BCUT2D eigenvalue weighted by atomic mass is 35.5. The lowest BCUT2D eigenvalue weighted by Crippen LogP contribution is -2.50. The van der Waals surface area contributed by atoms with E-state index in [2.05, 4.69) is 5.32 Å². The first-order chi connectivity index (χ1) is 9.62. The Kier molecular flexibility index (Phi) is 3.65. The topological polar surface area (TPSA) is 49.4 Å². The van der Waals surface area contributed by atoms with Crippen LogP contribution in [-0.4, -0.2) is 33.9 Å². The highest BCUT2D eigenvalue weighted by Crippen LogP contribution is 2.44. The Morgan fingerprint density at radius 3 is 2.90 bits per heavy atom. The second-order valence-electron chi connectivity index (χ2n) is 4.99. The van der Waals surface area contributed by atoms with Crippen LogP contribution in [0.4, 0.5) is 0 Å². The van der Waals surface area contributed by atoms with Gasteiger partial charge in [-0.3, -0.25) is 9.59 Å². The third-order valence-electron chi connectivity index (χ3n) is 3.79. The van der Waals surface area contributed by atoms with Gasteiger partial charge in [-0.05, 0) is 24.1 Å². The summed E-state index contributed by atoms with van der Waals surface area (Å²) in [5.41, 5.74) is 0.998. The summed E-state index contributed by atoms with van der Waals surface area (Å²) in [6.45, 7) is 1.14. The Balaban J connectivity index is 1.67. The van der Waals surface area contributed by atoms with E-state index < -0.39 is 4.87 Å². The maximum atomic E-state index is 12.5. The Labute approximate surface area is 126 Å². The number of hydrogen-bond donors (Lipinski definition) is 1. The van der Waals surface area contributed by atoms with E-state index >= 15 is 0 Å². The van der Waals surface area contributed by atoms with E-state index in [4.69, 9.17) is 11.6 Å². The largest absolute Gasteiger partial charge is 0.349 e. The number of nitrogens with zero attached hydrogens (tertiary/aromatic N) is 1. The molecule has 2 amide bonds. The van der Waals surface area contributed by atoms with E-state index in [1.807, 2.05) is 12.1 Å². The van der Waals surface area contributed by atoms with Crippen molar-refractivity contribution in [3.63, 3.8) is 0 Å². The SMILES string of the molecule is O=C1CC[C@@]2(C(=O)NCc3ccc(Cl)cc3)SCCN12. The number of carbonyl (C=O) groups is 2. The molecule has 6 heteroatoms. The number of amides is 2. The molecule has 0 aliphatic carbocycles. The van der Waals surface area contributed by atoms with Gasteiger partial charge in [0.25, 0.3) is 5.91 Å². The van der Waals surface area contributed by atoms with E-state index in [0.717, 1.165) is 11.3 Å². The third-order valence-corrected chi connectivity index (χ3v) is 5.52. The molecule has 0 spiro atoms. The zero-order valence-corrected chi connectivity index (χ0v) is 12.5. The molecule has 3 rings (SSSR count). The Hall–Kier alpha value is -1.20. The Bertz CT molecular complexity index is 549. The molecule has 0 radical (unpaired) electrons. The highest BCUT2D eigenvalue weighted by Gasteiger charge is 2.54. The minimum absolute atomic E-state index is 0.0548. The molecule has 4 nitrogen and oxygen atoms in total. The fraction of sp³-hybridized carbons (Fsp3) is 0.429. The van der Waals surface area contributed by atoms with Crippen molar-refractivity contribution in [1.82, 2.24) is 10.2 Å². The van der Waals surface area contributed by atoms with Crippen LogP contribution in [0.1, 0.15) is 18.4 Å². The molecule has 0 aromatic heterocycles. The summed E-state index contributed by atoms with van der Waals surface area (Å²) in [7, 11) is 0. The Morgan fingerprint density at radius 1 is 1.40 bits per heavy atom. The maximum absolute atomic E-state index is 12.5. The minimum Gasteiger partial charge on any atom is -0.349 e.